The number of carbonyl (C=O) groups is 1. The summed E-state index contributed by atoms with van der Waals surface area (Å²) in [5.41, 5.74) is 3.61. The molecular weight excluding hydrogens is 632 g/mol. The maximum Gasteiger partial charge on any atom is 0.278 e. The van der Waals surface area contributed by atoms with Crippen LogP contribution in [-0.2, 0) is 37.8 Å². The summed E-state index contributed by atoms with van der Waals surface area (Å²) in [4.78, 5) is 37.7. The third kappa shape index (κ3) is 5.59. The van der Waals surface area contributed by atoms with E-state index in [4.69, 9.17) is 4.74 Å². The van der Waals surface area contributed by atoms with E-state index in [0.29, 0.717) is 47.1 Å². The van der Waals surface area contributed by atoms with Gasteiger partial charge in [-0.05, 0) is 61.6 Å². The molecule has 2 N–H and O–H groups in total. The Morgan fingerprint density at radius 3 is 2.51 bits per heavy atom. The van der Waals surface area contributed by atoms with Gasteiger partial charge in [-0.25, -0.2) is 13.8 Å². The lowest BCUT2D eigenvalue weighted by Crippen LogP contribution is -2.56. The highest BCUT2D eigenvalue weighted by molar-refractivity contribution is 6.07. The second-order valence-electron chi connectivity index (χ2n) is 13.3. The highest BCUT2D eigenvalue weighted by Crippen LogP contribution is 2.38. The van der Waals surface area contributed by atoms with Crippen LogP contribution in [0.3, 0.4) is 0 Å². The Morgan fingerprint density at radius 2 is 1.80 bits per heavy atom. The minimum absolute atomic E-state index is 0.00834. The Balaban J connectivity index is 1.07. The van der Waals surface area contributed by atoms with Crippen molar-refractivity contribution < 1.29 is 23.4 Å². The molecule has 6 heterocycles. The molecule has 13 heteroatoms. The lowest BCUT2D eigenvalue weighted by Gasteiger charge is -2.43. The molecule has 0 atom stereocenters. The molecule has 3 aliphatic heterocycles. The predicted molar refractivity (Wildman–Crippen MR) is 182 cm³/mol. The Labute approximate surface area is 282 Å². The number of amides is 1. The van der Waals surface area contributed by atoms with Crippen LogP contribution in [-0.4, -0.2) is 82.0 Å². The molecule has 3 aromatic heterocycles. The van der Waals surface area contributed by atoms with Crippen LogP contribution < -0.4 is 20.7 Å². The summed E-state index contributed by atoms with van der Waals surface area (Å²) in [5, 5.41) is 13.7. The normalized spacial score (nSPS) is 18.3. The highest BCUT2D eigenvalue weighted by Gasteiger charge is 2.36. The van der Waals surface area contributed by atoms with E-state index in [-0.39, 0.29) is 29.2 Å². The average Bonchev–Trinajstić information content (AvgIpc) is 3.38. The molecule has 1 aliphatic carbocycles. The summed E-state index contributed by atoms with van der Waals surface area (Å²) in [5.74, 6) is -1.21. The fourth-order valence-electron chi connectivity index (χ4n) is 7.74. The molecule has 4 aliphatic rings. The SMILES string of the molecule is Cn1cc(-c2cc(F)cc(N3CCn4c5c(c(F)c4C3=O)CCCC5)c2CO)cc(Nc2ccc(N3CCN(C4COC4)CC3)cn2)c1=O. The molecule has 0 unspecified atom stereocenters. The molecule has 0 saturated carbocycles. The number of fused-ring (bicyclic) bond motifs is 3. The maximum atomic E-state index is 15.6. The number of hydrogen-bond acceptors (Lipinski definition) is 8. The zero-order valence-electron chi connectivity index (χ0n) is 27.4. The van der Waals surface area contributed by atoms with Gasteiger partial charge in [0.15, 0.2) is 5.82 Å². The number of aliphatic hydroxyl groups is 1. The zero-order valence-corrected chi connectivity index (χ0v) is 27.4. The van der Waals surface area contributed by atoms with Crippen molar-refractivity contribution in [3.05, 3.63) is 87.2 Å². The van der Waals surface area contributed by atoms with Gasteiger partial charge in [0.25, 0.3) is 11.5 Å². The van der Waals surface area contributed by atoms with Gasteiger partial charge in [0.05, 0.1) is 43.4 Å². The third-order valence-electron chi connectivity index (χ3n) is 10.5. The Kier molecular flexibility index (Phi) is 8.21. The van der Waals surface area contributed by atoms with Crippen molar-refractivity contribution in [1.29, 1.82) is 0 Å². The molecule has 11 nitrogen and oxygen atoms in total. The van der Waals surface area contributed by atoms with E-state index in [9.17, 15) is 14.7 Å². The minimum atomic E-state index is -0.627. The maximum absolute atomic E-state index is 15.6. The number of aromatic nitrogens is 3. The number of pyridine rings is 2. The van der Waals surface area contributed by atoms with Crippen LogP contribution >= 0.6 is 0 Å². The fourth-order valence-corrected chi connectivity index (χ4v) is 7.74. The second-order valence-corrected chi connectivity index (χ2v) is 13.3. The van der Waals surface area contributed by atoms with Crippen molar-refractivity contribution in [2.75, 3.05) is 61.1 Å². The van der Waals surface area contributed by atoms with Gasteiger partial charge >= 0.3 is 0 Å². The number of hydrogen-bond donors (Lipinski definition) is 2. The van der Waals surface area contributed by atoms with Crippen molar-refractivity contribution in [2.24, 2.45) is 7.05 Å². The molecule has 8 rings (SSSR count). The van der Waals surface area contributed by atoms with Crippen molar-refractivity contribution in [3.8, 4) is 11.1 Å². The van der Waals surface area contributed by atoms with Crippen molar-refractivity contribution in [1.82, 2.24) is 19.0 Å². The van der Waals surface area contributed by atoms with Crippen LogP contribution in [0, 0.1) is 11.6 Å². The van der Waals surface area contributed by atoms with Gasteiger partial charge in [0.2, 0.25) is 0 Å². The van der Waals surface area contributed by atoms with Gasteiger partial charge in [0.1, 0.15) is 23.0 Å². The van der Waals surface area contributed by atoms with E-state index in [1.807, 2.05) is 12.1 Å². The number of ether oxygens (including phenoxy) is 1. The number of nitrogens with one attached hydrogen (secondary N) is 1. The molecule has 0 spiro atoms. The number of benzene rings is 1. The van der Waals surface area contributed by atoms with E-state index in [1.165, 1.54) is 21.6 Å². The van der Waals surface area contributed by atoms with Crippen molar-refractivity contribution >= 4 is 28.8 Å². The first-order chi connectivity index (χ1) is 23.8. The van der Waals surface area contributed by atoms with Crippen LogP contribution in [0.4, 0.5) is 31.7 Å². The molecule has 256 valence electrons. The third-order valence-corrected chi connectivity index (χ3v) is 10.5. The van der Waals surface area contributed by atoms with E-state index in [1.54, 1.807) is 30.1 Å². The standard InChI is InChI=1S/C36H39F2N7O4/c1-41-18-22(14-29(35(41)47)40-32-7-6-24(17-39-32)42-8-10-43(11-9-42)25-20-49-21-25)27-15-23(37)16-31(28(27)19-46)45-13-12-44-30-5-3-2-4-26(30)33(38)34(44)36(45)48/h6-7,14-18,25,46H,2-5,8-13,19-21H2,1H3,(H,39,40). The topological polar surface area (TPSA) is 108 Å². The molecule has 0 bridgehead atoms. The lowest BCUT2D eigenvalue weighted by molar-refractivity contribution is -0.0660. The number of aliphatic hydroxyl groups excluding tert-OH is 1. The van der Waals surface area contributed by atoms with Gasteiger partial charge in [-0.1, -0.05) is 0 Å². The largest absolute Gasteiger partial charge is 0.392 e. The van der Waals surface area contributed by atoms with Crippen LogP contribution in [0.25, 0.3) is 11.1 Å². The van der Waals surface area contributed by atoms with Gasteiger partial charge in [0, 0.05) is 74.9 Å². The Hall–Kier alpha value is -4.59. The highest BCUT2D eigenvalue weighted by atomic mass is 19.1. The van der Waals surface area contributed by atoms with Gasteiger partial charge < -0.3 is 34.1 Å². The number of nitrogens with zero attached hydrogens (tertiary/aromatic N) is 6. The average molecular weight is 672 g/mol. The Morgan fingerprint density at radius 1 is 1.00 bits per heavy atom. The van der Waals surface area contributed by atoms with Gasteiger partial charge in [-0.15, -0.1) is 0 Å². The van der Waals surface area contributed by atoms with Crippen LogP contribution in [0.5, 0.6) is 0 Å². The molecule has 2 saturated heterocycles. The van der Waals surface area contributed by atoms with Crippen molar-refractivity contribution in [2.45, 2.75) is 44.9 Å². The number of aryl methyl sites for hydroxylation is 1. The van der Waals surface area contributed by atoms with Crippen LogP contribution in [0.1, 0.15) is 40.2 Å². The number of anilines is 4. The molecule has 4 aromatic rings. The van der Waals surface area contributed by atoms with E-state index in [0.717, 1.165) is 70.0 Å². The monoisotopic (exact) mass is 671 g/mol. The minimum Gasteiger partial charge on any atom is -0.392 e. The van der Waals surface area contributed by atoms with Gasteiger partial charge in [-0.3, -0.25) is 14.5 Å². The molecule has 49 heavy (non-hydrogen) atoms. The first-order valence-electron chi connectivity index (χ1n) is 17.0. The number of piperazine rings is 1. The number of rotatable bonds is 7. The Bertz CT molecular complexity index is 1980. The summed E-state index contributed by atoms with van der Waals surface area (Å²) in [6.45, 7) is 5.39. The van der Waals surface area contributed by atoms with Crippen LogP contribution in [0.2, 0.25) is 0 Å². The predicted octanol–water partition coefficient (Wildman–Crippen LogP) is 3.82. The molecule has 1 aromatic carbocycles. The van der Waals surface area contributed by atoms with E-state index < -0.39 is 24.1 Å². The summed E-state index contributed by atoms with van der Waals surface area (Å²) in [6.07, 6.45) is 6.49. The second kappa shape index (κ2) is 12.7. The summed E-state index contributed by atoms with van der Waals surface area (Å²) in [7, 11) is 1.59. The number of halogens is 2. The molecule has 2 fully saturated rings. The smallest absolute Gasteiger partial charge is 0.278 e. The first kappa shape index (κ1) is 31.7. The summed E-state index contributed by atoms with van der Waals surface area (Å²) < 4.78 is 39.4. The lowest BCUT2D eigenvalue weighted by atomic mass is 9.97. The van der Waals surface area contributed by atoms with E-state index >= 15 is 8.78 Å². The quantitative estimate of drug-likeness (QED) is 0.306. The van der Waals surface area contributed by atoms with Crippen LogP contribution in [0.15, 0.2) is 47.5 Å². The van der Waals surface area contributed by atoms with Crippen molar-refractivity contribution in [3.63, 3.8) is 0 Å². The van der Waals surface area contributed by atoms with E-state index in [2.05, 4.69) is 20.1 Å². The first-order valence-corrected chi connectivity index (χ1v) is 17.0. The molecule has 0 radical (unpaired) electrons. The molecule has 1 amide bonds. The molecular formula is C36H39F2N7O4. The zero-order chi connectivity index (χ0) is 33.8. The number of carbonyl (C=O) groups excluding carboxylic acids is 1. The summed E-state index contributed by atoms with van der Waals surface area (Å²) in [6, 6.07) is 8.39. The fraction of sp³-hybridized carbons (Fsp3) is 0.417. The van der Waals surface area contributed by atoms with Gasteiger partial charge in [-0.2, -0.15) is 0 Å². The summed E-state index contributed by atoms with van der Waals surface area (Å²) >= 11 is 0.